The first-order valence-electron chi connectivity index (χ1n) is 5.00. The zero-order valence-corrected chi connectivity index (χ0v) is 9.44. The highest BCUT2D eigenvalue weighted by molar-refractivity contribution is 6.02. The zero-order valence-electron chi connectivity index (χ0n) is 9.44. The molecule has 0 unspecified atom stereocenters. The molecule has 1 N–H and O–H groups in total. The van der Waals surface area contributed by atoms with Gasteiger partial charge in [-0.15, -0.1) is 0 Å². The van der Waals surface area contributed by atoms with Crippen molar-refractivity contribution in [3.8, 4) is 5.75 Å². The minimum Gasteiger partial charge on any atom is -0.466 e. The van der Waals surface area contributed by atoms with E-state index in [0.717, 1.165) is 11.6 Å². The SMILES string of the molecule is COC(=O)/C=C1\Nc2c(C)cccc2OC1=O. The molecule has 0 bridgehead atoms. The number of methoxy groups -OCH3 is 1. The lowest BCUT2D eigenvalue weighted by molar-refractivity contribution is -0.136. The van der Waals surface area contributed by atoms with E-state index in [9.17, 15) is 9.59 Å². The molecule has 17 heavy (non-hydrogen) atoms. The lowest BCUT2D eigenvalue weighted by Gasteiger charge is -2.21. The van der Waals surface area contributed by atoms with Gasteiger partial charge < -0.3 is 14.8 Å². The Morgan fingerprint density at radius 3 is 2.94 bits per heavy atom. The molecule has 0 aromatic heterocycles. The zero-order chi connectivity index (χ0) is 12.4. The number of carbonyl (C=O) groups is 2. The Morgan fingerprint density at radius 2 is 2.24 bits per heavy atom. The highest BCUT2D eigenvalue weighted by Crippen LogP contribution is 2.33. The van der Waals surface area contributed by atoms with Gasteiger partial charge in [-0.2, -0.15) is 0 Å². The second-order valence-corrected chi connectivity index (χ2v) is 3.54. The normalized spacial score (nSPS) is 15.9. The maximum absolute atomic E-state index is 11.6. The van der Waals surface area contributed by atoms with Crippen molar-refractivity contribution in [2.45, 2.75) is 6.92 Å². The average Bonchev–Trinajstić information content (AvgIpc) is 2.31. The van der Waals surface area contributed by atoms with Crippen LogP contribution in [0.2, 0.25) is 0 Å². The molecule has 0 fully saturated rings. The van der Waals surface area contributed by atoms with E-state index in [2.05, 4.69) is 10.1 Å². The second kappa shape index (κ2) is 4.29. The standard InChI is InChI=1S/C12H11NO4/c1-7-4-3-5-9-11(7)13-8(12(15)17-9)6-10(14)16-2/h3-6,13H,1-2H3/b8-6-. The first kappa shape index (κ1) is 11.2. The van der Waals surface area contributed by atoms with Crippen molar-refractivity contribution in [1.82, 2.24) is 0 Å². The van der Waals surface area contributed by atoms with Crippen molar-refractivity contribution in [3.05, 3.63) is 35.5 Å². The molecule has 0 radical (unpaired) electrons. The molecule has 5 heteroatoms. The van der Waals surface area contributed by atoms with Crippen LogP contribution in [-0.2, 0) is 14.3 Å². The Hall–Kier alpha value is -2.30. The highest BCUT2D eigenvalue weighted by atomic mass is 16.5. The van der Waals surface area contributed by atoms with Crippen LogP contribution in [0.3, 0.4) is 0 Å². The molecule has 0 saturated carbocycles. The Kier molecular flexibility index (Phi) is 2.82. The van der Waals surface area contributed by atoms with Crippen LogP contribution in [0.15, 0.2) is 30.0 Å². The summed E-state index contributed by atoms with van der Waals surface area (Å²) < 4.78 is 9.55. The van der Waals surface area contributed by atoms with Gasteiger partial charge in [-0.3, -0.25) is 0 Å². The van der Waals surface area contributed by atoms with Gasteiger partial charge in [0.05, 0.1) is 18.9 Å². The fourth-order valence-corrected chi connectivity index (χ4v) is 1.50. The third-order valence-corrected chi connectivity index (χ3v) is 2.38. The molecule has 1 heterocycles. The molecule has 0 saturated heterocycles. The number of rotatable bonds is 1. The highest BCUT2D eigenvalue weighted by Gasteiger charge is 2.23. The molecule has 0 amide bonds. The second-order valence-electron chi connectivity index (χ2n) is 3.54. The number of benzene rings is 1. The summed E-state index contributed by atoms with van der Waals surface area (Å²) >= 11 is 0. The lowest BCUT2D eigenvalue weighted by Crippen LogP contribution is -2.24. The third-order valence-electron chi connectivity index (χ3n) is 2.38. The van der Waals surface area contributed by atoms with Crippen LogP contribution in [0.5, 0.6) is 5.75 Å². The fourth-order valence-electron chi connectivity index (χ4n) is 1.50. The van der Waals surface area contributed by atoms with E-state index in [0.29, 0.717) is 11.4 Å². The number of nitrogens with one attached hydrogen (secondary N) is 1. The summed E-state index contributed by atoms with van der Waals surface area (Å²) in [5, 5.41) is 2.87. The van der Waals surface area contributed by atoms with Gasteiger partial charge >= 0.3 is 11.9 Å². The molecule has 1 aromatic carbocycles. The predicted molar refractivity (Wildman–Crippen MR) is 60.5 cm³/mol. The Balaban J connectivity index is 2.38. The van der Waals surface area contributed by atoms with E-state index in [-0.39, 0.29) is 5.70 Å². The fraction of sp³-hybridized carbons (Fsp3) is 0.167. The van der Waals surface area contributed by atoms with Gasteiger partial charge in [0.15, 0.2) is 5.75 Å². The Bertz CT molecular complexity index is 519. The van der Waals surface area contributed by atoms with Crippen LogP contribution in [0, 0.1) is 6.92 Å². The maximum Gasteiger partial charge on any atom is 0.360 e. The first-order valence-corrected chi connectivity index (χ1v) is 5.00. The summed E-state index contributed by atoms with van der Waals surface area (Å²) in [6, 6.07) is 5.35. The van der Waals surface area contributed by atoms with Crippen LogP contribution >= 0.6 is 0 Å². The van der Waals surface area contributed by atoms with Gasteiger partial charge in [0, 0.05) is 0 Å². The molecular formula is C12H11NO4. The van der Waals surface area contributed by atoms with Crippen LogP contribution < -0.4 is 10.1 Å². The third kappa shape index (κ3) is 2.13. The van der Waals surface area contributed by atoms with Crippen molar-refractivity contribution in [2.75, 3.05) is 12.4 Å². The number of anilines is 1. The van der Waals surface area contributed by atoms with Crippen LogP contribution in [0.1, 0.15) is 5.56 Å². The molecule has 1 aliphatic heterocycles. The van der Waals surface area contributed by atoms with E-state index in [1.165, 1.54) is 7.11 Å². The summed E-state index contributed by atoms with van der Waals surface area (Å²) in [4.78, 5) is 22.6. The summed E-state index contributed by atoms with van der Waals surface area (Å²) in [6.45, 7) is 1.88. The van der Waals surface area contributed by atoms with Gasteiger partial charge in [-0.25, -0.2) is 9.59 Å². The topological polar surface area (TPSA) is 64.6 Å². The van der Waals surface area contributed by atoms with E-state index < -0.39 is 11.9 Å². The molecule has 1 aromatic rings. The quantitative estimate of drug-likeness (QED) is 0.451. The maximum atomic E-state index is 11.6. The molecule has 0 aliphatic carbocycles. The van der Waals surface area contributed by atoms with Crippen LogP contribution in [-0.4, -0.2) is 19.0 Å². The van der Waals surface area contributed by atoms with Crippen molar-refractivity contribution < 1.29 is 19.1 Å². The monoisotopic (exact) mass is 233 g/mol. The van der Waals surface area contributed by atoms with Gasteiger partial charge in [-0.05, 0) is 18.6 Å². The lowest BCUT2D eigenvalue weighted by atomic mass is 10.1. The predicted octanol–water partition coefficient (Wildman–Crippen LogP) is 1.38. The van der Waals surface area contributed by atoms with Crippen molar-refractivity contribution in [2.24, 2.45) is 0 Å². The first-order chi connectivity index (χ1) is 8.11. The minimum absolute atomic E-state index is 0.0682. The molecule has 5 nitrogen and oxygen atoms in total. The summed E-state index contributed by atoms with van der Waals surface area (Å²) in [5.41, 5.74) is 1.67. The van der Waals surface area contributed by atoms with E-state index >= 15 is 0 Å². The smallest absolute Gasteiger partial charge is 0.360 e. The Morgan fingerprint density at radius 1 is 1.47 bits per heavy atom. The number of ether oxygens (including phenoxy) is 2. The van der Waals surface area contributed by atoms with Crippen molar-refractivity contribution >= 4 is 17.6 Å². The summed E-state index contributed by atoms with van der Waals surface area (Å²) in [5.74, 6) is -0.757. The molecular weight excluding hydrogens is 222 g/mol. The van der Waals surface area contributed by atoms with Crippen LogP contribution in [0.4, 0.5) is 5.69 Å². The number of hydrogen-bond donors (Lipinski definition) is 1. The van der Waals surface area contributed by atoms with Gasteiger partial charge in [0.25, 0.3) is 0 Å². The van der Waals surface area contributed by atoms with E-state index in [1.807, 2.05) is 13.0 Å². The van der Waals surface area contributed by atoms with Crippen molar-refractivity contribution in [1.29, 1.82) is 0 Å². The minimum atomic E-state index is -0.610. The summed E-state index contributed by atoms with van der Waals surface area (Å²) in [7, 11) is 1.24. The number of carbonyl (C=O) groups excluding carboxylic acids is 2. The number of fused-ring (bicyclic) bond motifs is 1. The molecule has 0 atom stereocenters. The number of aryl methyl sites for hydroxylation is 1. The molecule has 2 rings (SSSR count). The molecule has 0 spiro atoms. The van der Waals surface area contributed by atoms with Crippen molar-refractivity contribution in [3.63, 3.8) is 0 Å². The number of hydrogen-bond acceptors (Lipinski definition) is 5. The number of esters is 2. The van der Waals surface area contributed by atoms with Gasteiger partial charge in [-0.1, -0.05) is 12.1 Å². The average molecular weight is 233 g/mol. The Labute approximate surface area is 98.0 Å². The molecule has 1 aliphatic rings. The molecule has 88 valence electrons. The van der Waals surface area contributed by atoms with Gasteiger partial charge in [0.2, 0.25) is 0 Å². The summed E-state index contributed by atoms with van der Waals surface area (Å²) in [6.07, 6.45) is 1.07. The van der Waals surface area contributed by atoms with E-state index in [4.69, 9.17) is 4.74 Å². The van der Waals surface area contributed by atoms with Gasteiger partial charge in [0.1, 0.15) is 5.70 Å². The number of para-hydroxylation sites is 1. The largest absolute Gasteiger partial charge is 0.466 e. The van der Waals surface area contributed by atoms with Crippen LogP contribution in [0.25, 0.3) is 0 Å². The van der Waals surface area contributed by atoms with E-state index in [1.54, 1.807) is 12.1 Å².